The first kappa shape index (κ1) is 18.0. The lowest BCUT2D eigenvalue weighted by Crippen LogP contribution is -2.17. The van der Waals surface area contributed by atoms with E-state index in [1.165, 1.54) is 7.11 Å². The summed E-state index contributed by atoms with van der Waals surface area (Å²) in [5, 5.41) is 0.0828. The number of alkyl halides is 3. The van der Waals surface area contributed by atoms with Crippen molar-refractivity contribution in [1.29, 1.82) is 0 Å². The van der Waals surface area contributed by atoms with Crippen LogP contribution in [0, 0.1) is 0 Å². The summed E-state index contributed by atoms with van der Waals surface area (Å²) in [6, 6.07) is 1.87. The summed E-state index contributed by atoms with van der Waals surface area (Å²) in [6.45, 7) is 0. The minimum Gasteiger partial charge on any atom is -0.469 e. The summed E-state index contributed by atoms with van der Waals surface area (Å²) in [5.74, 6) is -0.615. The smallest absolute Gasteiger partial charge is 0.416 e. The zero-order valence-electron chi connectivity index (χ0n) is 9.83. The van der Waals surface area contributed by atoms with Crippen LogP contribution in [0.2, 0.25) is 5.02 Å². The first-order chi connectivity index (χ1) is 8.25. The Kier molecular flexibility index (Phi) is 6.62. The molecule has 0 saturated carbocycles. The van der Waals surface area contributed by atoms with Gasteiger partial charge in [-0.25, -0.2) is 0 Å². The Labute approximate surface area is 119 Å². The summed E-state index contributed by atoms with van der Waals surface area (Å²) >= 11 is 5.77. The third-order valence-corrected chi connectivity index (χ3v) is 2.68. The summed E-state index contributed by atoms with van der Waals surface area (Å²) in [6.07, 6.45) is -4.72. The van der Waals surface area contributed by atoms with Crippen LogP contribution in [0.4, 0.5) is 13.2 Å². The van der Waals surface area contributed by atoms with Crippen molar-refractivity contribution in [3.05, 3.63) is 34.3 Å². The Morgan fingerprint density at radius 3 is 2.53 bits per heavy atom. The monoisotopic (exact) mass is 317 g/mol. The number of halogens is 5. The first-order valence-electron chi connectivity index (χ1n) is 4.94. The summed E-state index contributed by atoms with van der Waals surface area (Å²) < 4.78 is 41.9. The van der Waals surface area contributed by atoms with E-state index in [-0.39, 0.29) is 29.4 Å². The van der Waals surface area contributed by atoms with E-state index in [0.717, 1.165) is 18.2 Å². The molecule has 0 unspecified atom stereocenters. The lowest BCUT2D eigenvalue weighted by atomic mass is 10.0. The molecule has 1 aromatic rings. The summed E-state index contributed by atoms with van der Waals surface area (Å²) in [4.78, 5) is 11.0. The Morgan fingerprint density at radius 1 is 1.47 bits per heavy atom. The molecule has 0 saturated heterocycles. The highest BCUT2D eigenvalue weighted by Gasteiger charge is 2.31. The molecule has 108 valence electrons. The first-order valence-corrected chi connectivity index (χ1v) is 5.32. The summed E-state index contributed by atoms with van der Waals surface area (Å²) in [5.41, 5.74) is 4.84. The Bertz CT molecular complexity index is 452. The molecule has 1 atom stereocenters. The van der Waals surface area contributed by atoms with Crippen LogP contribution in [0.1, 0.15) is 23.6 Å². The van der Waals surface area contributed by atoms with Crippen LogP contribution >= 0.6 is 24.0 Å². The maximum absolute atomic E-state index is 12.5. The molecule has 0 spiro atoms. The predicted molar refractivity (Wildman–Crippen MR) is 67.3 cm³/mol. The Balaban J connectivity index is 0.00000324. The van der Waals surface area contributed by atoms with Crippen LogP contribution in [0.3, 0.4) is 0 Å². The van der Waals surface area contributed by atoms with E-state index in [2.05, 4.69) is 4.74 Å². The van der Waals surface area contributed by atoms with Crippen molar-refractivity contribution in [3.63, 3.8) is 0 Å². The number of carbonyl (C=O) groups is 1. The van der Waals surface area contributed by atoms with Gasteiger partial charge in [0.2, 0.25) is 0 Å². The lowest BCUT2D eigenvalue weighted by molar-refractivity contribution is -0.141. The number of rotatable bonds is 3. The Morgan fingerprint density at radius 2 is 2.05 bits per heavy atom. The summed E-state index contributed by atoms with van der Waals surface area (Å²) in [7, 11) is 1.17. The van der Waals surface area contributed by atoms with Gasteiger partial charge in [0.1, 0.15) is 0 Å². The zero-order chi connectivity index (χ0) is 13.9. The predicted octanol–water partition coefficient (Wildman–Crippen LogP) is 3.34. The van der Waals surface area contributed by atoms with Crippen molar-refractivity contribution < 1.29 is 22.7 Å². The van der Waals surface area contributed by atoms with E-state index in [1.807, 2.05) is 0 Å². The number of benzene rings is 1. The Hall–Kier alpha value is -0.980. The van der Waals surface area contributed by atoms with E-state index in [4.69, 9.17) is 17.3 Å². The van der Waals surface area contributed by atoms with Gasteiger partial charge in [-0.15, -0.1) is 12.4 Å². The van der Waals surface area contributed by atoms with E-state index >= 15 is 0 Å². The van der Waals surface area contributed by atoms with Crippen LogP contribution in [-0.4, -0.2) is 13.1 Å². The van der Waals surface area contributed by atoms with Crippen molar-refractivity contribution in [2.75, 3.05) is 7.11 Å². The van der Waals surface area contributed by atoms with Crippen molar-refractivity contribution in [1.82, 2.24) is 0 Å². The molecule has 0 bridgehead atoms. The third kappa shape index (κ3) is 4.89. The molecule has 0 amide bonds. The number of hydrogen-bond donors (Lipinski definition) is 1. The number of carbonyl (C=O) groups excluding carboxylic acids is 1. The quantitative estimate of drug-likeness (QED) is 0.870. The van der Waals surface area contributed by atoms with Gasteiger partial charge < -0.3 is 10.5 Å². The number of hydrogen-bond acceptors (Lipinski definition) is 3. The van der Waals surface area contributed by atoms with Gasteiger partial charge in [0.05, 0.1) is 19.1 Å². The topological polar surface area (TPSA) is 52.3 Å². The van der Waals surface area contributed by atoms with E-state index < -0.39 is 23.8 Å². The highest BCUT2D eigenvalue weighted by molar-refractivity contribution is 6.31. The van der Waals surface area contributed by atoms with Crippen LogP contribution in [0.5, 0.6) is 0 Å². The maximum Gasteiger partial charge on any atom is 0.416 e. The van der Waals surface area contributed by atoms with Crippen molar-refractivity contribution in [3.8, 4) is 0 Å². The molecule has 0 radical (unpaired) electrons. The fraction of sp³-hybridized carbons (Fsp3) is 0.364. The van der Waals surface area contributed by atoms with Gasteiger partial charge in [-0.05, 0) is 23.8 Å². The fourth-order valence-electron chi connectivity index (χ4n) is 1.38. The van der Waals surface area contributed by atoms with Crippen LogP contribution in [0.25, 0.3) is 0 Å². The number of ether oxygens (including phenoxy) is 1. The molecule has 2 N–H and O–H groups in total. The number of esters is 1. The number of methoxy groups -OCH3 is 1. The molecule has 1 rings (SSSR count). The largest absolute Gasteiger partial charge is 0.469 e. The molecule has 0 aromatic heterocycles. The van der Waals surface area contributed by atoms with Gasteiger partial charge in [-0.1, -0.05) is 11.6 Å². The van der Waals surface area contributed by atoms with Gasteiger partial charge in [-0.2, -0.15) is 13.2 Å². The van der Waals surface area contributed by atoms with Gasteiger partial charge >= 0.3 is 12.1 Å². The molecule has 0 aliphatic rings. The third-order valence-electron chi connectivity index (χ3n) is 2.34. The van der Waals surface area contributed by atoms with Crippen LogP contribution in [-0.2, 0) is 15.7 Å². The molecule has 1 aromatic carbocycles. The second-order valence-corrected chi connectivity index (χ2v) is 4.03. The number of nitrogens with two attached hydrogens (primary N) is 1. The normalized spacial score (nSPS) is 12.5. The lowest BCUT2D eigenvalue weighted by Gasteiger charge is -2.15. The molecule has 0 aliphatic carbocycles. The fourth-order valence-corrected chi connectivity index (χ4v) is 1.63. The molecule has 0 fully saturated rings. The van der Waals surface area contributed by atoms with Gasteiger partial charge in [0, 0.05) is 11.1 Å². The molecule has 8 heteroatoms. The van der Waals surface area contributed by atoms with Crippen molar-refractivity contribution in [2.45, 2.75) is 18.6 Å². The van der Waals surface area contributed by atoms with Gasteiger partial charge in [0.15, 0.2) is 0 Å². The average molecular weight is 318 g/mol. The van der Waals surface area contributed by atoms with Crippen LogP contribution < -0.4 is 5.73 Å². The van der Waals surface area contributed by atoms with Gasteiger partial charge in [-0.3, -0.25) is 4.79 Å². The zero-order valence-corrected chi connectivity index (χ0v) is 11.4. The highest BCUT2D eigenvalue weighted by atomic mass is 35.5. The maximum atomic E-state index is 12.5. The van der Waals surface area contributed by atoms with E-state index in [9.17, 15) is 18.0 Å². The minimum atomic E-state index is -4.48. The van der Waals surface area contributed by atoms with Crippen molar-refractivity contribution >= 4 is 30.0 Å². The highest BCUT2D eigenvalue weighted by Crippen LogP contribution is 2.33. The average Bonchev–Trinajstić information content (AvgIpc) is 2.27. The second kappa shape index (κ2) is 6.98. The standard InChI is InChI=1S/C11H11ClF3NO2.ClH/c1-18-10(17)5-9(16)7-4-6(11(13,14)15)2-3-8(7)12;/h2-4,9H,5,16H2,1H3;1H/t9-;/m1./s1. The SMILES string of the molecule is COC(=O)C[C@@H](N)c1cc(C(F)(F)F)ccc1Cl.Cl. The molecular formula is C11H12Cl2F3NO2. The van der Waals surface area contributed by atoms with E-state index in [0.29, 0.717) is 0 Å². The molecule has 0 heterocycles. The van der Waals surface area contributed by atoms with E-state index in [1.54, 1.807) is 0 Å². The van der Waals surface area contributed by atoms with Crippen molar-refractivity contribution in [2.24, 2.45) is 5.73 Å². The molecule has 19 heavy (non-hydrogen) atoms. The second-order valence-electron chi connectivity index (χ2n) is 3.62. The molecular weight excluding hydrogens is 306 g/mol. The minimum absolute atomic E-state index is 0. The molecule has 0 aliphatic heterocycles. The van der Waals surface area contributed by atoms with Gasteiger partial charge in [0.25, 0.3) is 0 Å². The van der Waals surface area contributed by atoms with Crippen LogP contribution in [0.15, 0.2) is 18.2 Å². The molecule has 3 nitrogen and oxygen atoms in total.